The lowest BCUT2D eigenvalue weighted by Gasteiger charge is -2.11. The largest absolute Gasteiger partial charge is 0.496 e. The molecule has 0 unspecified atom stereocenters. The van der Waals surface area contributed by atoms with Crippen molar-refractivity contribution in [3.05, 3.63) is 71.3 Å². The van der Waals surface area contributed by atoms with Crippen LogP contribution in [-0.2, 0) is 0 Å². The first-order valence-electron chi connectivity index (χ1n) is 8.68. The van der Waals surface area contributed by atoms with Crippen molar-refractivity contribution >= 4 is 11.1 Å². The first-order valence-corrected chi connectivity index (χ1v) is 8.68. The number of aryl methyl sites for hydroxylation is 3. The second kappa shape index (κ2) is 6.34. The van der Waals surface area contributed by atoms with Crippen molar-refractivity contribution in [3.63, 3.8) is 0 Å². The number of aromatic nitrogens is 1. The van der Waals surface area contributed by atoms with Gasteiger partial charge in [0, 0.05) is 5.56 Å². The van der Waals surface area contributed by atoms with E-state index < -0.39 is 0 Å². The van der Waals surface area contributed by atoms with Crippen LogP contribution in [-0.4, -0.2) is 12.1 Å². The third-order valence-electron chi connectivity index (χ3n) is 4.68. The molecule has 0 radical (unpaired) electrons. The zero-order valence-electron chi connectivity index (χ0n) is 15.5. The average molecular weight is 343 g/mol. The van der Waals surface area contributed by atoms with E-state index in [9.17, 15) is 0 Å². The summed E-state index contributed by atoms with van der Waals surface area (Å²) in [5, 5.41) is 0. The van der Waals surface area contributed by atoms with Crippen molar-refractivity contribution in [2.45, 2.75) is 20.8 Å². The number of ether oxygens (including phenoxy) is 1. The van der Waals surface area contributed by atoms with Crippen molar-refractivity contribution in [1.29, 1.82) is 0 Å². The first-order chi connectivity index (χ1) is 12.5. The van der Waals surface area contributed by atoms with Gasteiger partial charge in [0.05, 0.1) is 7.11 Å². The van der Waals surface area contributed by atoms with E-state index in [-0.39, 0.29) is 0 Å². The fraction of sp³-hybridized carbons (Fsp3) is 0.174. The van der Waals surface area contributed by atoms with Gasteiger partial charge in [-0.25, -0.2) is 4.98 Å². The minimum Gasteiger partial charge on any atom is -0.496 e. The van der Waals surface area contributed by atoms with Crippen LogP contribution in [0.5, 0.6) is 5.75 Å². The van der Waals surface area contributed by atoms with E-state index in [1.54, 1.807) is 7.11 Å². The third-order valence-corrected chi connectivity index (χ3v) is 4.68. The minimum absolute atomic E-state index is 0.652. The monoisotopic (exact) mass is 343 g/mol. The summed E-state index contributed by atoms with van der Waals surface area (Å²) in [6.45, 7) is 6.20. The maximum atomic E-state index is 6.03. The molecular weight excluding hydrogens is 322 g/mol. The maximum absolute atomic E-state index is 6.03. The molecule has 0 saturated carbocycles. The molecule has 0 aliphatic heterocycles. The number of rotatable bonds is 3. The Balaban J connectivity index is 1.77. The van der Waals surface area contributed by atoms with E-state index in [1.807, 2.05) is 18.2 Å². The van der Waals surface area contributed by atoms with Gasteiger partial charge in [0.25, 0.3) is 0 Å². The second-order valence-corrected chi connectivity index (χ2v) is 6.71. The molecule has 1 heterocycles. The van der Waals surface area contributed by atoms with Gasteiger partial charge in [-0.3, -0.25) is 0 Å². The predicted molar refractivity (Wildman–Crippen MR) is 106 cm³/mol. The quantitative estimate of drug-likeness (QED) is 0.451. The van der Waals surface area contributed by atoms with Crippen LogP contribution in [0.2, 0.25) is 0 Å². The van der Waals surface area contributed by atoms with Crippen molar-refractivity contribution in [2.75, 3.05) is 7.11 Å². The molecule has 0 N–H and O–H groups in total. The number of hydrogen-bond donors (Lipinski definition) is 0. The molecule has 0 saturated heterocycles. The summed E-state index contributed by atoms with van der Waals surface area (Å²) in [6, 6.07) is 18.7. The molecule has 4 aromatic rings. The van der Waals surface area contributed by atoms with Crippen LogP contribution in [0.1, 0.15) is 16.7 Å². The molecule has 26 heavy (non-hydrogen) atoms. The van der Waals surface area contributed by atoms with Crippen molar-refractivity contribution in [1.82, 2.24) is 4.98 Å². The molecule has 0 fully saturated rings. The highest BCUT2D eigenvalue weighted by Gasteiger charge is 2.11. The van der Waals surface area contributed by atoms with Gasteiger partial charge in [0.1, 0.15) is 11.3 Å². The van der Waals surface area contributed by atoms with Gasteiger partial charge in [0.2, 0.25) is 5.89 Å². The summed E-state index contributed by atoms with van der Waals surface area (Å²) >= 11 is 0. The molecule has 130 valence electrons. The molecule has 0 bridgehead atoms. The Morgan fingerprint density at radius 3 is 2.08 bits per heavy atom. The molecule has 0 amide bonds. The minimum atomic E-state index is 0.652. The zero-order chi connectivity index (χ0) is 18.3. The molecule has 3 aromatic carbocycles. The molecule has 0 aliphatic rings. The summed E-state index contributed by atoms with van der Waals surface area (Å²) in [7, 11) is 1.71. The molecule has 3 heteroatoms. The fourth-order valence-corrected chi connectivity index (χ4v) is 3.36. The number of nitrogens with zero attached hydrogens (tertiary/aromatic N) is 1. The standard InChI is InChI=1S/C23H21NO2/c1-14-5-7-17(8-6-14)23-24-20-10-9-18(13-21(20)26-23)19-11-15(2)22(25-4)16(3)12-19/h5-13H,1-4H3. The highest BCUT2D eigenvalue weighted by Crippen LogP contribution is 2.32. The number of hydrogen-bond acceptors (Lipinski definition) is 3. The SMILES string of the molecule is COc1c(C)cc(-c2ccc3nc(-c4ccc(C)cc4)oc3c2)cc1C. The summed E-state index contributed by atoms with van der Waals surface area (Å²) in [5.74, 6) is 1.59. The van der Waals surface area contributed by atoms with E-state index in [1.165, 1.54) is 5.56 Å². The number of methoxy groups -OCH3 is 1. The number of benzene rings is 3. The van der Waals surface area contributed by atoms with Crippen LogP contribution in [0, 0.1) is 20.8 Å². The van der Waals surface area contributed by atoms with E-state index in [2.05, 4.69) is 62.2 Å². The molecule has 0 spiro atoms. The van der Waals surface area contributed by atoms with E-state index >= 15 is 0 Å². The Kier molecular flexibility index (Phi) is 4.00. The van der Waals surface area contributed by atoms with Crippen LogP contribution in [0.25, 0.3) is 33.7 Å². The Morgan fingerprint density at radius 1 is 0.769 bits per heavy atom. The van der Waals surface area contributed by atoms with Gasteiger partial charge >= 0.3 is 0 Å². The smallest absolute Gasteiger partial charge is 0.227 e. The first kappa shape index (κ1) is 16.4. The van der Waals surface area contributed by atoms with Crippen LogP contribution in [0.3, 0.4) is 0 Å². The summed E-state index contributed by atoms with van der Waals surface area (Å²) < 4.78 is 11.5. The number of oxazole rings is 1. The second-order valence-electron chi connectivity index (χ2n) is 6.71. The van der Waals surface area contributed by atoms with Gasteiger partial charge in [-0.2, -0.15) is 0 Å². The highest BCUT2D eigenvalue weighted by atomic mass is 16.5. The number of fused-ring (bicyclic) bond motifs is 1. The van der Waals surface area contributed by atoms with E-state index in [0.29, 0.717) is 5.89 Å². The normalized spacial score (nSPS) is 11.1. The van der Waals surface area contributed by atoms with Gasteiger partial charge in [-0.05, 0) is 79.4 Å². The van der Waals surface area contributed by atoms with Crippen LogP contribution in [0.15, 0.2) is 59.0 Å². The summed E-state index contributed by atoms with van der Waals surface area (Å²) in [6.07, 6.45) is 0. The van der Waals surface area contributed by atoms with Crippen LogP contribution < -0.4 is 4.74 Å². The molecule has 0 atom stereocenters. The van der Waals surface area contributed by atoms with Crippen molar-refractivity contribution in [2.24, 2.45) is 0 Å². The van der Waals surface area contributed by atoms with E-state index in [4.69, 9.17) is 9.15 Å². The van der Waals surface area contributed by atoms with Crippen molar-refractivity contribution < 1.29 is 9.15 Å². The van der Waals surface area contributed by atoms with Crippen LogP contribution >= 0.6 is 0 Å². The topological polar surface area (TPSA) is 35.3 Å². The van der Waals surface area contributed by atoms with Crippen molar-refractivity contribution in [3.8, 4) is 28.3 Å². The molecule has 0 aliphatic carbocycles. The zero-order valence-corrected chi connectivity index (χ0v) is 15.5. The molecular formula is C23H21NO2. The molecule has 3 nitrogen and oxygen atoms in total. The summed E-state index contributed by atoms with van der Waals surface area (Å²) in [5.41, 5.74) is 8.38. The molecule has 4 rings (SSSR count). The fourth-order valence-electron chi connectivity index (χ4n) is 3.36. The Bertz CT molecular complexity index is 1070. The summed E-state index contributed by atoms with van der Waals surface area (Å²) in [4.78, 5) is 4.62. The van der Waals surface area contributed by atoms with Crippen LogP contribution in [0.4, 0.5) is 0 Å². The lowest BCUT2D eigenvalue weighted by Crippen LogP contribution is -1.92. The predicted octanol–water partition coefficient (Wildman–Crippen LogP) is 6.10. The van der Waals surface area contributed by atoms with Gasteiger partial charge in [-0.15, -0.1) is 0 Å². The lowest BCUT2D eigenvalue weighted by molar-refractivity contribution is 0.408. The third kappa shape index (κ3) is 2.86. The lowest BCUT2D eigenvalue weighted by atomic mass is 9.99. The van der Waals surface area contributed by atoms with Gasteiger partial charge in [0.15, 0.2) is 5.58 Å². The molecule has 1 aromatic heterocycles. The highest BCUT2D eigenvalue weighted by molar-refractivity contribution is 5.82. The Hall–Kier alpha value is -3.07. The Labute approximate surface area is 153 Å². The van der Waals surface area contributed by atoms with Gasteiger partial charge in [-0.1, -0.05) is 23.8 Å². The maximum Gasteiger partial charge on any atom is 0.227 e. The average Bonchev–Trinajstić information content (AvgIpc) is 3.05. The van der Waals surface area contributed by atoms with E-state index in [0.717, 1.165) is 44.7 Å². The Morgan fingerprint density at radius 2 is 1.42 bits per heavy atom. The van der Waals surface area contributed by atoms with Gasteiger partial charge < -0.3 is 9.15 Å².